The largest absolute Gasteiger partial charge is 0.483 e. The maximum absolute atomic E-state index is 9.69. The van der Waals surface area contributed by atoms with Crippen LogP contribution in [0.1, 0.15) is 0 Å². The van der Waals surface area contributed by atoms with E-state index in [1.54, 1.807) is 0 Å². The van der Waals surface area contributed by atoms with Crippen LogP contribution < -0.4 is 0 Å². The number of aliphatic hydroxyl groups is 2. The number of hydrogen-bond acceptors (Lipinski definition) is 3. The SMILES string of the molecule is O=C(F)F.OCCO. The minimum atomic E-state index is -2.83. The molecule has 0 unspecified atom stereocenters. The summed E-state index contributed by atoms with van der Waals surface area (Å²) in [5, 5.41) is 15.2. The summed E-state index contributed by atoms with van der Waals surface area (Å²) in [7, 11) is 0. The van der Waals surface area contributed by atoms with Crippen LogP contribution in [0.3, 0.4) is 0 Å². The summed E-state index contributed by atoms with van der Waals surface area (Å²) in [6.45, 7) is -0.250. The molecular formula is C3H6F2O3. The monoisotopic (exact) mass is 128 g/mol. The summed E-state index contributed by atoms with van der Waals surface area (Å²) < 4.78 is 19.4. The van der Waals surface area contributed by atoms with Gasteiger partial charge in [0.1, 0.15) is 0 Å². The Kier molecular flexibility index (Phi) is 12.6. The first kappa shape index (κ1) is 10.4. The predicted molar refractivity (Wildman–Crippen MR) is 21.8 cm³/mol. The molecule has 0 saturated carbocycles. The average Bonchev–Trinajstić information content (AvgIpc) is 1.65. The average molecular weight is 128 g/mol. The van der Waals surface area contributed by atoms with Gasteiger partial charge in [-0.2, -0.15) is 0 Å². The lowest BCUT2D eigenvalue weighted by Gasteiger charge is -1.70. The molecule has 0 heterocycles. The van der Waals surface area contributed by atoms with Gasteiger partial charge in [-0.15, -0.1) is 8.78 Å². The lowest BCUT2D eigenvalue weighted by molar-refractivity contribution is 0.186. The van der Waals surface area contributed by atoms with E-state index in [-0.39, 0.29) is 13.2 Å². The smallest absolute Gasteiger partial charge is 0.394 e. The first-order valence-corrected chi connectivity index (χ1v) is 1.71. The summed E-state index contributed by atoms with van der Waals surface area (Å²) in [6.07, 6.45) is -2.83. The van der Waals surface area contributed by atoms with Crippen LogP contribution in [0.5, 0.6) is 0 Å². The van der Waals surface area contributed by atoms with E-state index in [9.17, 15) is 8.78 Å². The quantitative estimate of drug-likeness (QED) is 0.489. The van der Waals surface area contributed by atoms with Crippen LogP contribution >= 0.6 is 0 Å². The van der Waals surface area contributed by atoms with Gasteiger partial charge in [0.15, 0.2) is 0 Å². The molecule has 0 amide bonds. The molecular weight excluding hydrogens is 122 g/mol. The van der Waals surface area contributed by atoms with Crippen LogP contribution in [0.2, 0.25) is 0 Å². The zero-order chi connectivity index (χ0) is 6.99. The van der Waals surface area contributed by atoms with Crippen molar-refractivity contribution >= 4 is 6.29 Å². The molecule has 0 aliphatic rings. The van der Waals surface area contributed by atoms with Crippen molar-refractivity contribution in [3.8, 4) is 0 Å². The lowest BCUT2D eigenvalue weighted by Crippen LogP contribution is -1.85. The van der Waals surface area contributed by atoms with Crippen molar-refractivity contribution < 1.29 is 23.8 Å². The van der Waals surface area contributed by atoms with Gasteiger partial charge >= 0.3 is 6.29 Å². The molecule has 3 nitrogen and oxygen atoms in total. The highest BCUT2D eigenvalue weighted by molar-refractivity contribution is 5.55. The number of aliphatic hydroxyl groups excluding tert-OH is 2. The second kappa shape index (κ2) is 9.67. The molecule has 0 spiro atoms. The third kappa shape index (κ3) is 533. The second-order valence-electron chi connectivity index (χ2n) is 0.673. The topological polar surface area (TPSA) is 57.5 Å². The maximum Gasteiger partial charge on any atom is 0.483 e. The number of carbonyl (C=O) groups is 1. The predicted octanol–water partition coefficient (Wildman–Crippen LogP) is 0.0164. The highest BCUT2D eigenvalue weighted by Crippen LogP contribution is 1.70. The van der Waals surface area contributed by atoms with Crippen LogP contribution in [0.15, 0.2) is 0 Å². The number of halogens is 2. The van der Waals surface area contributed by atoms with Gasteiger partial charge in [0, 0.05) is 0 Å². The van der Waals surface area contributed by atoms with Gasteiger partial charge in [0.05, 0.1) is 13.2 Å². The molecule has 0 aliphatic carbocycles. The van der Waals surface area contributed by atoms with E-state index in [0.717, 1.165) is 0 Å². The zero-order valence-corrected chi connectivity index (χ0v) is 3.97. The molecule has 0 bridgehead atoms. The Hall–Kier alpha value is -0.550. The zero-order valence-electron chi connectivity index (χ0n) is 3.97. The number of carbonyl (C=O) groups excluding carboxylic acids is 1. The lowest BCUT2D eigenvalue weighted by atomic mass is 10.8. The summed E-state index contributed by atoms with van der Waals surface area (Å²) in [4.78, 5) is 8.11. The molecule has 2 N–H and O–H groups in total. The summed E-state index contributed by atoms with van der Waals surface area (Å²) in [5.74, 6) is 0. The van der Waals surface area contributed by atoms with Crippen LogP contribution in [0.25, 0.3) is 0 Å². The molecule has 0 aliphatic heterocycles. The van der Waals surface area contributed by atoms with Gasteiger partial charge in [0.2, 0.25) is 0 Å². The van der Waals surface area contributed by atoms with Gasteiger partial charge in [-0.05, 0) is 0 Å². The van der Waals surface area contributed by atoms with E-state index in [4.69, 9.17) is 15.0 Å². The summed E-state index contributed by atoms with van der Waals surface area (Å²) in [6, 6.07) is 0. The molecule has 0 aromatic rings. The van der Waals surface area contributed by atoms with Gasteiger partial charge < -0.3 is 10.2 Å². The molecule has 0 aromatic heterocycles. The van der Waals surface area contributed by atoms with Gasteiger partial charge in [-0.3, -0.25) is 0 Å². The van der Waals surface area contributed by atoms with E-state index in [2.05, 4.69) is 0 Å². The fourth-order valence-electron chi connectivity index (χ4n) is 0. The maximum atomic E-state index is 9.69. The van der Waals surface area contributed by atoms with Crippen molar-refractivity contribution in [1.29, 1.82) is 0 Å². The highest BCUT2D eigenvalue weighted by Gasteiger charge is 1.78. The molecule has 8 heavy (non-hydrogen) atoms. The molecule has 0 aromatic carbocycles. The van der Waals surface area contributed by atoms with Crippen molar-refractivity contribution in [3.05, 3.63) is 0 Å². The van der Waals surface area contributed by atoms with Crippen LogP contribution in [0.4, 0.5) is 13.6 Å². The van der Waals surface area contributed by atoms with E-state index in [1.165, 1.54) is 0 Å². The third-order valence-corrected chi connectivity index (χ3v) is 0.1000. The molecule has 0 fully saturated rings. The second-order valence-corrected chi connectivity index (χ2v) is 0.673. The molecule has 5 heteroatoms. The molecule has 50 valence electrons. The Morgan fingerprint density at radius 1 is 1.25 bits per heavy atom. The first-order valence-electron chi connectivity index (χ1n) is 1.71. The van der Waals surface area contributed by atoms with Gasteiger partial charge in [-0.1, -0.05) is 0 Å². The minimum absolute atomic E-state index is 0.125. The highest BCUT2D eigenvalue weighted by atomic mass is 19.3. The van der Waals surface area contributed by atoms with E-state index in [1.807, 2.05) is 0 Å². The summed E-state index contributed by atoms with van der Waals surface area (Å²) >= 11 is 0. The van der Waals surface area contributed by atoms with E-state index in [0.29, 0.717) is 0 Å². The van der Waals surface area contributed by atoms with Crippen molar-refractivity contribution in [2.75, 3.05) is 13.2 Å². The Labute approximate surface area is 44.6 Å². The van der Waals surface area contributed by atoms with Crippen LogP contribution in [-0.4, -0.2) is 29.7 Å². The van der Waals surface area contributed by atoms with E-state index < -0.39 is 6.29 Å². The minimum Gasteiger partial charge on any atom is -0.394 e. The molecule has 0 rings (SSSR count). The Bertz CT molecular complexity index is 50.5. The van der Waals surface area contributed by atoms with Crippen molar-refractivity contribution in [2.24, 2.45) is 0 Å². The van der Waals surface area contributed by atoms with Gasteiger partial charge in [0.25, 0.3) is 0 Å². The molecule has 0 radical (unpaired) electrons. The molecule has 0 saturated heterocycles. The van der Waals surface area contributed by atoms with Crippen molar-refractivity contribution in [3.63, 3.8) is 0 Å². The standard InChI is InChI=1S/C2H6O2.CF2O/c3-1-2-4;2-1(3)4/h3-4H,1-2H2;. The fourth-order valence-corrected chi connectivity index (χ4v) is 0. The van der Waals surface area contributed by atoms with Crippen molar-refractivity contribution in [1.82, 2.24) is 0 Å². The number of rotatable bonds is 1. The Balaban J connectivity index is 0. The summed E-state index contributed by atoms with van der Waals surface area (Å²) in [5.41, 5.74) is 0. The Morgan fingerprint density at radius 3 is 1.38 bits per heavy atom. The van der Waals surface area contributed by atoms with E-state index >= 15 is 0 Å². The first-order chi connectivity index (χ1) is 3.65. The van der Waals surface area contributed by atoms with Crippen LogP contribution in [0, 0.1) is 0 Å². The fraction of sp³-hybridized carbons (Fsp3) is 0.667. The Morgan fingerprint density at radius 2 is 1.38 bits per heavy atom. The number of hydrogen-bond donors (Lipinski definition) is 2. The van der Waals surface area contributed by atoms with Crippen molar-refractivity contribution in [2.45, 2.75) is 0 Å². The normalized spacial score (nSPS) is 7.00. The third-order valence-electron chi connectivity index (χ3n) is 0.1000. The van der Waals surface area contributed by atoms with Crippen LogP contribution in [-0.2, 0) is 0 Å². The van der Waals surface area contributed by atoms with Gasteiger partial charge in [-0.25, -0.2) is 4.79 Å². The molecule has 0 atom stereocenters.